The van der Waals surface area contributed by atoms with Crippen LogP contribution in [0.15, 0.2) is 41.1 Å². The summed E-state index contributed by atoms with van der Waals surface area (Å²) in [6.07, 6.45) is 1.74. The lowest BCUT2D eigenvalue weighted by atomic mass is 10.1. The Balaban J connectivity index is 1.94. The monoisotopic (exact) mass is 309 g/mol. The van der Waals surface area contributed by atoms with Gasteiger partial charge in [0.25, 0.3) is 5.89 Å². The third-order valence-electron chi connectivity index (χ3n) is 3.60. The second-order valence-corrected chi connectivity index (χ2v) is 5.75. The minimum Gasteiger partial charge on any atom is -0.496 e. The molecule has 5 heteroatoms. The molecule has 0 fully saturated rings. The van der Waals surface area contributed by atoms with Gasteiger partial charge in [0.1, 0.15) is 5.75 Å². The van der Waals surface area contributed by atoms with Crippen molar-refractivity contribution in [3.8, 4) is 28.5 Å². The molecule has 0 aliphatic rings. The van der Waals surface area contributed by atoms with Gasteiger partial charge in [-0.3, -0.25) is 4.98 Å². The van der Waals surface area contributed by atoms with Crippen molar-refractivity contribution in [1.29, 1.82) is 0 Å². The quantitative estimate of drug-likeness (QED) is 0.721. The van der Waals surface area contributed by atoms with Crippen molar-refractivity contribution < 1.29 is 9.26 Å². The Labute approximate surface area is 135 Å². The number of benzene rings is 1. The van der Waals surface area contributed by atoms with Crippen LogP contribution in [0, 0.1) is 6.92 Å². The molecule has 23 heavy (non-hydrogen) atoms. The van der Waals surface area contributed by atoms with E-state index in [0.29, 0.717) is 11.7 Å². The molecule has 2 aromatic heterocycles. The van der Waals surface area contributed by atoms with E-state index in [1.807, 2.05) is 45.0 Å². The van der Waals surface area contributed by atoms with E-state index < -0.39 is 0 Å². The zero-order valence-corrected chi connectivity index (χ0v) is 13.7. The van der Waals surface area contributed by atoms with Crippen LogP contribution < -0.4 is 4.74 Å². The molecule has 118 valence electrons. The molecule has 0 saturated carbocycles. The smallest absolute Gasteiger partial charge is 0.259 e. The van der Waals surface area contributed by atoms with Crippen LogP contribution in [0.4, 0.5) is 0 Å². The van der Waals surface area contributed by atoms with Crippen LogP contribution in [0.1, 0.15) is 31.2 Å². The summed E-state index contributed by atoms with van der Waals surface area (Å²) >= 11 is 0. The lowest BCUT2D eigenvalue weighted by Gasteiger charge is -2.09. The van der Waals surface area contributed by atoms with E-state index in [-0.39, 0.29) is 5.92 Å². The highest BCUT2D eigenvalue weighted by molar-refractivity contribution is 5.69. The number of aryl methyl sites for hydroxylation is 1. The number of methoxy groups -OCH3 is 1. The molecular weight excluding hydrogens is 290 g/mol. The first-order valence-corrected chi connectivity index (χ1v) is 7.53. The zero-order chi connectivity index (χ0) is 16.4. The molecule has 0 radical (unpaired) electrons. The van der Waals surface area contributed by atoms with Gasteiger partial charge in [0, 0.05) is 17.7 Å². The van der Waals surface area contributed by atoms with Crippen molar-refractivity contribution in [3.05, 3.63) is 47.9 Å². The second-order valence-electron chi connectivity index (χ2n) is 5.75. The van der Waals surface area contributed by atoms with Gasteiger partial charge in [-0.2, -0.15) is 4.98 Å². The molecule has 3 rings (SSSR count). The summed E-state index contributed by atoms with van der Waals surface area (Å²) in [5.41, 5.74) is 3.77. The fourth-order valence-corrected chi connectivity index (χ4v) is 2.29. The molecule has 0 unspecified atom stereocenters. The van der Waals surface area contributed by atoms with Crippen LogP contribution in [0.2, 0.25) is 0 Å². The highest BCUT2D eigenvalue weighted by Crippen LogP contribution is 2.30. The summed E-state index contributed by atoms with van der Waals surface area (Å²) < 4.78 is 10.7. The molecule has 0 amide bonds. The van der Waals surface area contributed by atoms with Crippen LogP contribution in [0.25, 0.3) is 22.7 Å². The topological polar surface area (TPSA) is 61.0 Å². The molecule has 0 atom stereocenters. The molecule has 0 aliphatic carbocycles. The number of aromatic nitrogens is 3. The van der Waals surface area contributed by atoms with Crippen molar-refractivity contribution in [3.63, 3.8) is 0 Å². The maximum atomic E-state index is 5.42. The van der Waals surface area contributed by atoms with Crippen molar-refractivity contribution in [2.75, 3.05) is 7.11 Å². The minimum atomic E-state index is 0.233. The van der Waals surface area contributed by atoms with E-state index >= 15 is 0 Å². The zero-order valence-electron chi connectivity index (χ0n) is 13.7. The Morgan fingerprint density at radius 3 is 2.57 bits per heavy atom. The van der Waals surface area contributed by atoms with E-state index in [1.54, 1.807) is 13.3 Å². The fourth-order valence-electron chi connectivity index (χ4n) is 2.29. The van der Waals surface area contributed by atoms with Crippen LogP contribution in [0.3, 0.4) is 0 Å². The molecular formula is C18H19N3O2. The first-order chi connectivity index (χ1) is 11.1. The largest absolute Gasteiger partial charge is 0.496 e. The Hall–Kier alpha value is -2.69. The van der Waals surface area contributed by atoms with Crippen molar-refractivity contribution >= 4 is 0 Å². The highest BCUT2D eigenvalue weighted by atomic mass is 16.5. The van der Waals surface area contributed by atoms with Gasteiger partial charge < -0.3 is 9.26 Å². The number of ether oxygens (including phenoxy) is 1. The van der Waals surface area contributed by atoms with Gasteiger partial charge in [-0.15, -0.1) is 0 Å². The number of hydrogen-bond donors (Lipinski definition) is 0. The first-order valence-electron chi connectivity index (χ1n) is 7.53. The number of rotatable bonds is 4. The Morgan fingerprint density at radius 1 is 1.13 bits per heavy atom. The maximum Gasteiger partial charge on any atom is 0.259 e. The third-order valence-corrected chi connectivity index (χ3v) is 3.60. The Morgan fingerprint density at radius 2 is 1.96 bits per heavy atom. The van der Waals surface area contributed by atoms with Crippen LogP contribution in [-0.4, -0.2) is 22.2 Å². The molecule has 0 saturated heterocycles. The second kappa shape index (κ2) is 6.20. The van der Waals surface area contributed by atoms with E-state index in [1.165, 1.54) is 0 Å². The van der Waals surface area contributed by atoms with Gasteiger partial charge in [-0.25, -0.2) is 0 Å². The van der Waals surface area contributed by atoms with Gasteiger partial charge in [-0.1, -0.05) is 30.6 Å². The van der Waals surface area contributed by atoms with Crippen LogP contribution >= 0.6 is 0 Å². The lowest BCUT2D eigenvalue weighted by Crippen LogP contribution is -1.92. The summed E-state index contributed by atoms with van der Waals surface area (Å²) in [6.45, 7) is 6.10. The molecule has 5 nitrogen and oxygen atoms in total. The molecule has 0 aliphatic heterocycles. The van der Waals surface area contributed by atoms with Crippen molar-refractivity contribution in [1.82, 2.24) is 15.1 Å². The average molecular weight is 309 g/mol. The van der Waals surface area contributed by atoms with Crippen molar-refractivity contribution in [2.24, 2.45) is 0 Å². The number of pyridine rings is 1. The Bertz CT molecular complexity index is 807. The normalized spacial score (nSPS) is 11.0. The van der Waals surface area contributed by atoms with Gasteiger partial charge in [0.15, 0.2) is 5.82 Å². The fraction of sp³-hybridized carbons (Fsp3) is 0.278. The minimum absolute atomic E-state index is 0.233. The van der Waals surface area contributed by atoms with E-state index in [9.17, 15) is 0 Å². The van der Waals surface area contributed by atoms with Gasteiger partial charge in [0.05, 0.1) is 18.4 Å². The van der Waals surface area contributed by atoms with Gasteiger partial charge in [0.2, 0.25) is 0 Å². The summed E-state index contributed by atoms with van der Waals surface area (Å²) in [7, 11) is 1.66. The molecule has 3 aromatic rings. The average Bonchev–Trinajstić information content (AvgIpc) is 3.05. The maximum absolute atomic E-state index is 5.42. The predicted octanol–water partition coefficient (Wildman–Crippen LogP) is 4.24. The summed E-state index contributed by atoms with van der Waals surface area (Å²) in [6, 6.07) is 9.90. The number of hydrogen-bond acceptors (Lipinski definition) is 5. The summed E-state index contributed by atoms with van der Waals surface area (Å²) in [5, 5.41) is 3.98. The van der Waals surface area contributed by atoms with Crippen molar-refractivity contribution in [2.45, 2.75) is 26.7 Å². The van der Waals surface area contributed by atoms with Crippen LogP contribution in [-0.2, 0) is 0 Å². The van der Waals surface area contributed by atoms with Gasteiger partial charge in [-0.05, 0) is 31.2 Å². The molecule has 1 aromatic carbocycles. The number of nitrogens with zero attached hydrogens (tertiary/aromatic N) is 3. The van der Waals surface area contributed by atoms with E-state index in [4.69, 9.17) is 9.26 Å². The predicted molar refractivity (Wildman–Crippen MR) is 88.3 cm³/mol. The first kappa shape index (κ1) is 15.2. The summed E-state index contributed by atoms with van der Waals surface area (Å²) in [4.78, 5) is 8.91. The lowest BCUT2D eigenvalue weighted by molar-refractivity contribution is 0.416. The molecule has 0 spiro atoms. The third kappa shape index (κ3) is 3.08. The standard InChI is InChI=1S/C18H19N3O2/c1-11(2)17-20-18(23-21-17)13-6-7-15(19-10-13)14-9-12(3)5-8-16(14)22-4/h5-11H,1-4H3. The van der Waals surface area contributed by atoms with E-state index in [2.05, 4.69) is 21.2 Å². The van der Waals surface area contributed by atoms with E-state index in [0.717, 1.165) is 28.1 Å². The molecule has 2 heterocycles. The summed E-state index contributed by atoms with van der Waals surface area (Å²) in [5.74, 6) is 2.22. The molecule has 0 bridgehead atoms. The van der Waals surface area contributed by atoms with Crippen LogP contribution in [0.5, 0.6) is 5.75 Å². The van der Waals surface area contributed by atoms with Gasteiger partial charge >= 0.3 is 0 Å². The SMILES string of the molecule is COc1ccc(C)cc1-c1ccc(-c2nc(C(C)C)no2)cn1. The highest BCUT2D eigenvalue weighted by Gasteiger charge is 2.13. The molecule has 0 N–H and O–H groups in total. The Kier molecular flexibility index (Phi) is 4.10.